The van der Waals surface area contributed by atoms with Gasteiger partial charge in [-0.3, -0.25) is 4.79 Å². The van der Waals surface area contributed by atoms with E-state index in [1.165, 1.54) is 0 Å². The summed E-state index contributed by atoms with van der Waals surface area (Å²) in [5.41, 5.74) is 1.96. The summed E-state index contributed by atoms with van der Waals surface area (Å²) in [5, 5.41) is 2.82. The summed E-state index contributed by atoms with van der Waals surface area (Å²) in [5.74, 6) is 0.849. The van der Waals surface area contributed by atoms with Crippen LogP contribution in [-0.4, -0.2) is 31.7 Å². The van der Waals surface area contributed by atoms with Gasteiger partial charge in [0.25, 0.3) is 0 Å². The van der Waals surface area contributed by atoms with E-state index in [2.05, 4.69) is 5.32 Å². The Kier molecular flexibility index (Phi) is 8.34. The van der Waals surface area contributed by atoms with Crippen molar-refractivity contribution in [3.8, 4) is 11.5 Å². The van der Waals surface area contributed by atoms with Crippen LogP contribution in [0.3, 0.4) is 0 Å². The molecule has 0 aliphatic rings. The Morgan fingerprint density at radius 2 is 1.64 bits per heavy atom. The van der Waals surface area contributed by atoms with E-state index >= 15 is 0 Å². The Labute approximate surface area is 165 Å². The highest BCUT2D eigenvalue weighted by Crippen LogP contribution is 2.29. The highest BCUT2D eigenvalue weighted by atomic mass is 16.5. The van der Waals surface area contributed by atoms with E-state index in [-0.39, 0.29) is 5.91 Å². The summed E-state index contributed by atoms with van der Waals surface area (Å²) < 4.78 is 16.2. The van der Waals surface area contributed by atoms with Crippen molar-refractivity contribution in [1.82, 2.24) is 0 Å². The number of anilines is 1. The average Bonchev–Trinajstić information content (AvgIpc) is 2.69. The molecule has 1 amide bonds. The lowest BCUT2D eigenvalue weighted by Crippen LogP contribution is -2.13. The summed E-state index contributed by atoms with van der Waals surface area (Å²) in [6.07, 6.45) is 0.874. The molecule has 0 saturated heterocycles. The van der Waals surface area contributed by atoms with Crippen molar-refractivity contribution in [2.24, 2.45) is 0 Å². The third kappa shape index (κ3) is 6.30. The Balaban J connectivity index is 1.96. The van der Waals surface area contributed by atoms with Gasteiger partial charge in [0.1, 0.15) is 0 Å². The van der Waals surface area contributed by atoms with Gasteiger partial charge < -0.3 is 19.5 Å². The second-order valence-electron chi connectivity index (χ2n) is 6.00. The minimum Gasteiger partial charge on any atom is -0.490 e. The van der Waals surface area contributed by atoms with Crippen molar-refractivity contribution in [3.05, 3.63) is 53.6 Å². The second-order valence-corrected chi connectivity index (χ2v) is 6.00. The Morgan fingerprint density at radius 1 is 0.893 bits per heavy atom. The third-order valence-electron chi connectivity index (χ3n) is 3.91. The van der Waals surface area contributed by atoms with Crippen LogP contribution in [0.25, 0.3) is 0 Å². The number of benzene rings is 2. The molecule has 0 atom stereocenters. The molecule has 0 aromatic heterocycles. The molecule has 6 nitrogen and oxygen atoms in total. The summed E-state index contributed by atoms with van der Waals surface area (Å²) in [6, 6.07) is 12.4. The first kappa shape index (κ1) is 21.3. The molecule has 0 bridgehead atoms. The normalized spacial score (nSPS) is 10.2. The minimum atomic E-state index is -0.406. The number of carbonyl (C=O) groups is 2. The molecule has 6 heteroatoms. The van der Waals surface area contributed by atoms with Crippen molar-refractivity contribution < 1.29 is 23.8 Å². The number of amides is 1. The Bertz CT molecular complexity index is 803. The van der Waals surface area contributed by atoms with E-state index < -0.39 is 5.97 Å². The molecule has 0 unspecified atom stereocenters. The zero-order valence-electron chi connectivity index (χ0n) is 16.6. The van der Waals surface area contributed by atoms with E-state index in [0.717, 1.165) is 5.56 Å². The number of nitrogens with one attached hydrogen (secondary N) is 1. The topological polar surface area (TPSA) is 73.9 Å². The molecule has 2 rings (SSSR count). The summed E-state index contributed by atoms with van der Waals surface area (Å²) in [4.78, 5) is 24.1. The highest BCUT2D eigenvalue weighted by Gasteiger charge is 2.10. The van der Waals surface area contributed by atoms with Crippen LogP contribution in [0.4, 0.5) is 5.69 Å². The fraction of sp³-hybridized carbons (Fsp3) is 0.364. The van der Waals surface area contributed by atoms with Gasteiger partial charge in [-0.05, 0) is 63.1 Å². The molecular weight excluding hydrogens is 358 g/mol. The smallest absolute Gasteiger partial charge is 0.338 e. The van der Waals surface area contributed by atoms with Gasteiger partial charge in [0, 0.05) is 12.1 Å². The number of rotatable bonds is 10. The summed E-state index contributed by atoms with van der Waals surface area (Å²) >= 11 is 0. The molecule has 0 spiro atoms. The molecule has 0 aliphatic carbocycles. The molecule has 1 N–H and O–H groups in total. The molecule has 0 fully saturated rings. The molecule has 150 valence electrons. The fourth-order valence-corrected chi connectivity index (χ4v) is 2.67. The van der Waals surface area contributed by atoms with Crippen molar-refractivity contribution >= 4 is 17.6 Å². The first-order chi connectivity index (χ1) is 13.6. The van der Waals surface area contributed by atoms with Crippen LogP contribution in [0.5, 0.6) is 11.5 Å². The van der Waals surface area contributed by atoms with E-state index in [1.807, 2.05) is 32.0 Å². The molecule has 28 heavy (non-hydrogen) atoms. The van der Waals surface area contributed by atoms with Crippen molar-refractivity contribution in [3.63, 3.8) is 0 Å². The molecule has 2 aromatic rings. The molecule has 0 heterocycles. The fourth-order valence-electron chi connectivity index (χ4n) is 2.67. The van der Waals surface area contributed by atoms with Gasteiger partial charge >= 0.3 is 5.97 Å². The predicted octanol–water partition coefficient (Wildman–Crippen LogP) is 4.23. The van der Waals surface area contributed by atoms with Gasteiger partial charge in [-0.25, -0.2) is 4.79 Å². The van der Waals surface area contributed by atoms with Gasteiger partial charge in [0.15, 0.2) is 11.5 Å². The van der Waals surface area contributed by atoms with Crippen LogP contribution >= 0.6 is 0 Å². The maximum Gasteiger partial charge on any atom is 0.338 e. The van der Waals surface area contributed by atoms with Gasteiger partial charge in [0.05, 0.1) is 25.4 Å². The Morgan fingerprint density at radius 3 is 2.36 bits per heavy atom. The maximum atomic E-state index is 12.3. The first-order valence-corrected chi connectivity index (χ1v) is 9.52. The molecule has 0 radical (unpaired) electrons. The number of ether oxygens (including phenoxy) is 3. The van der Waals surface area contributed by atoms with Gasteiger partial charge in [-0.1, -0.05) is 12.1 Å². The van der Waals surface area contributed by atoms with Crippen LogP contribution in [0, 0.1) is 0 Å². The minimum absolute atomic E-state index is 0.132. The SMILES string of the molecule is CCOC(=O)c1cccc(NC(=O)CCc2ccc(OCC)c(OCC)c2)c1. The molecular formula is C22H27NO5. The summed E-state index contributed by atoms with van der Waals surface area (Å²) in [6.45, 7) is 7.00. The van der Waals surface area contributed by atoms with E-state index in [9.17, 15) is 9.59 Å². The van der Waals surface area contributed by atoms with Crippen molar-refractivity contribution in [2.45, 2.75) is 33.6 Å². The number of hydrogen-bond acceptors (Lipinski definition) is 5. The van der Waals surface area contributed by atoms with Gasteiger partial charge in [-0.2, -0.15) is 0 Å². The number of aryl methyl sites for hydroxylation is 1. The van der Waals surface area contributed by atoms with Crippen LogP contribution in [0.1, 0.15) is 43.1 Å². The average molecular weight is 385 g/mol. The molecule has 2 aromatic carbocycles. The summed E-state index contributed by atoms with van der Waals surface area (Å²) in [7, 11) is 0. The standard InChI is InChI=1S/C22H27NO5/c1-4-26-19-12-10-16(14-20(19)27-5-2)11-13-21(24)23-18-9-7-8-17(15-18)22(25)28-6-3/h7-10,12,14-15H,4-6,11,13H2,1-3H3,(H,23,24). The zero-order chi connectivity index (χ0) is 20.4. The van der Waals surface area contributed by atoms with Gasteiger partial charge in [-0.15, -0.1) is 0 Å². The van der Waals surface area contributed by atoms with Crippen molar-refractivity contribution in [1.29, 1.82) is 0 Å². The largest absolute Gasteiger partial charge is 0.490 e. The third-order valence-corrected chi connectivity index (χ3v) is 3.91. The first-order valence-electron chi connectivity index (χ1n) is 9.52. The monoisotopic (exact) mass is 385 g/mol. The number of esters is 1. The van der Waals surface area contributed by atoms with Crippen LogP contribution in [0.15, 0.2) is 42.5 Å². The van der Waals surface area contributed by atoms with Crippen LogP contribution in [0.2, 0.25) is 0 Å². The zero-order valence-corrected chi connectivity index (χ0v) is 16.6. The predicted molar refractivity (Wildman–Crippen MR) is 108 cm³/mol. The van der Waals surface area contributed by atoms with Crippen molar-refractivity contribution in [2.75, 3.05) is 25.1 Å². The molecule has 0 saturated carbocycles. The Hall–Kier alpha value is -3.02. The maximum absolute atomic E-state index is 12.3. The van der Waals surface area contributed by atoms with E-state index in [1.54, 1.807) is 31.2 Å². The van der Waals surface area contributed by atoms with E-state index in [0.29, 0.717) is 55.4 Å². The van der Waals surface area contributed by atoms with Gasteiger partial charge in [0.2, 0.25) is 5.91 Å². The molecule has 0 aliphatic heterocycles. The van der Waals surface area contributed by atoms with E-state index in [4.69, 9.17) is 14.2 Å². The second kappa shape index (κ2) is 11.0. The lowest BCUT2D eigenvalue weighted by Gasteiger charge is -2.12. The lowest BCUT2D eigenvalue weighted by atomic mass is 10.1. The lowest BCUT2D eigenvalue weighted by molar-refractivity contribution is -0.116. The van der Waals surface area contributed by atoms with Crippen LogP contribution < -0.4 is 14.8 Å². The quantitative estimate of drug-likeness (QED) is 0.620. The number of carbonyl (C=O) groups excluding carboxylic acids is 2. The highest BCUT2D eigenvalue weighted by molar-refractivity contribution is 5.94. The van der Waals surface area contributed by atoms with Crippen LogP contribution in [-0.2, 0) is 16.0 Å². The number of hydrogen-bond donors (Lipinski definition) is 1.